The molecule has 6 nitrogen and oxygen atoms in total. The number of phenolic OH excluding ortho intramolecular Hbond substituents is 1. The van der Waals surface area contributed by atoms with Crippen molar-refractivity contribution >= 4 is 44.0 Å². The lowest BCUT2D eigenvalue weighted by molar-refractivity contribution is 0.0945. The molecule has 8 heteroatoms. The van der Waals surface area contributed by atoms with Crippen molar-refractivity contribution in [1.82, 2.24) is 15.4 Å². The van der Waals surface area contributed by atoms with Gasteiger partial charge in [0, 0.05) is 21.2 Å². The van der Waals surface area contributed by atoms with Crippen LogP contribution in [0, 0.1) is 0 Å². The van der Waals surface area contributed by atoms with Gasteiger partial charge in [0.2, 0.25) is 5.82 Å². The summed E-state index contributed by atoms with van der Waals surface area (Å²) in [4.78, 5) is 21.7. The molecule has 1 amide bonds. The molecule has 158 valence electrons. The van der Waals surface area contributed by atoms with Crippen molar-refractivity contribution in [1.29, 1.82) is 0 Å². The smallest absolute Gasteiger partial charge is 0.309 e. The van der Waals surface area contributed by atoms with E-state index in [4.69, 9.17) is 0 Å². The van der Waals surface area contributed by atoms with Crippen molar-refractivity contribution in [3.05, 3.63) is 99.2 Å². The van der Waals surface area contributed by atoms with Crippen molar-refractivity contribution in [2.24, 2.45) is 5.10 Å². The molecule has 0 unspecified atom stereocenters. The highest BCUT2D eigenvalue weighted by molar-refractivity contribution is 9.11. The number of amides is 1. The predicted molar refractivity (Wildman–Crippen MR) is 131 cm³/mol. The van der Waals surface area contributed by atoms with Gasteiger partial charge >= 0.3 is 5.91 Å². The van der Waals surface area contributed by atoms with E-state index in [2.05, 4.69) is 52.4 Å². The van der Waals surface area contributed by atoms with Gasteiger partial charge in [-0.2, -0.15) is 5.10 Å². The fraction of sp³-hybridized carbons (Fsp3) is 0. The van der Waals surface area contributed by atoms with Crippen molar-refractivity contribution in [2.45, 2.75) is 0 Å². The molecule has 0 bridgehead atoms. The van der Waals surface area contributed by atoms with Crippen molar-refractivity contribution < 1.29 is 9.90 Å². The number of aromatic hydroxyl groups is 1. The fourth-order valence-electron chi connectivity index (χ4n) is 2.96. The first-order valence-corrected chi connectivity index (χ1v) is 11.1. The normalized spacial score (nSPS) is 10.9. The van der Waals surface area contributed by atoms with Gasteiger partial charge in [-0.3, -0.25) is 4.79 Å². The van der Waals surface area contributed by atoms with E-state index in [1.54, 1.807) is 12.1 Å². The van der Waals surface area contributed by atoms with Crippen molar-refractivity contribution in [3.8, 4) is 28.3 Å². The van der Waals surface area contributed by atoms with Crippen LogP contribution in [0.25, 0.3) is 22.5 Å². The van der Waals surface area contributed by atoms with Crippen LogP contribution in [0.5, 0.6) is 5.75 Å². The maximum atomic E-state index is 12.8. The summed E-state index contributed by atoms with van der Waals surface area (Å²) in [6, 6.07) is 24.4. The number of phenols is 1. The Bertz CT molecular complexity index is 1240. The minimum atomic E-state index is -0.565. The Labute approximate surface area is 201 Å². The molecule has 0 spiro atoms. The molecule has 2 N–H and O–H groups in total. The highest BCUT2D eigenvalue weighted by Gasteiger charge is 2.14. The van der Waals surface area contributed by atoms with Crippen LogP contribution in [0.1, 0.15) is 16.2 Å². The van der Waals surface area contributed by atoms with Crippen LogP contribution in [-0.4, -0.2) is 27.2 Å². The van der Waals surface area contributed by atoms with E-state index in [0.717, 1.165) is 15.6 Å². The van der Waals surface area contributed by atoms with E-state index in [0.29, 0.717) is 21.4 Å². The van der Waals surface area contributed by atoms with Gasteiger partial charge in [0.15, 0.2) is 0 Å². The third-order valence-electron chi connectivity index (χ3n) is 4.50. The number of hydrazone groups is 1. The van der Waals surface area contributed by atoms with Crippen molar-refractivity contribution in [2.75, 3.05) is 0 Å². The maximum absolute atomic E-state index is 12.8. The maximum Gasteiger partial charge on any atom is 0.309 e. The van der Waals surface area contributed by atoms with Gasteiger partial charge in [0.05, 0.1) is 22.1 Å². The summed E-state index contributed by atoms with van der Waals surface area (Å²) in [7, 11) is 0. The molecule has 32 heavy (non-hydrogen) atoms. The topological polar surface area (TPSA) is 87.5 Å². The second-order valence-corrected chi connectivity index (χ2v) is 8.49. The van der Waals surface area contributed by atoms with E-state index in [-0.39, 0.29) is 11.6 Å². The predicted octanol–water partition coefficient (Wildman–Crippen LogP) is 5.81. The van der Waals surface area contributed by atoms with Gasteiger partial charge in [0.1, 0.15) is 5.75 Å². The van der Waals surface area contributed by atoms with Gasteiger partial charge in [-0.05, 0) is 34.1 Å². The second kappa shape index (κ2) is 9.84. The second-order valence-electron chi connectivity index (χ2n) is 6.72. The number of hydrogen-bond donors (Lipinski definition) is 2. The molecule has 4 aromatic rings. The minimum absolute atomic E-state index is 0.0120. The third kappa shape index (κ3) is 5.09. The number of nitrogens with zero attached hydrogens (tertiary/aromatic N) is 3. The summed E-state index contributed by atoms with van der Waals surface area (Å²) in [5.74, 6) is -0.563. The van der Waals surface area contributed by atoms with E-state index >= 15 is 0 Å². The minimum Gasteiger partial charge on any atom is -0.506 e. The van der Waals surface area contributed by atoms with Gasteiger partial charge in [0.25, 0.3) is 0 Å². The number of carbonyl (C=O) groups is 1. The number of benzene rings is 3. The largest absolute Gasteiger partial charge is 0.506 e. The zero-order valence-corrected chi connectivity index (χ0v) is 19.7. The standard InChI is InChI=1S/C24H16Br2N4O2/c25-18-11-17(22(31)19(26)12-18)14-27-30-24(32)23-28-20(15-7-3-1-4-8-15)13-21(29-23)16-9-5-2-6-10-16/h1-14,31H,(H,30,32)/b27-14-. The molecular formula is C24H16Br2N4O2. The summed E-state index contributed by atoms with van der Waals surface area (Å²) in [6.45, 7) is 0. The Hall–Kier alpha value is -3.36. The zero-order valence-electron chi connectivity index (χ0n) is 16.5. The first kappa shape index (κ1) is 21.9. The Morgan fingerprint density at radius 3 is 2.00 bits per heavy atom. The van der Waals surface area contributed by atoms with Crippen LogP contribution in [0.15, 0.2) is 92.9 Å². The van der Waals surface area contributed by atoms with E-state index in [1.807, 2.05) is 66.7 Å². The van der Waals surface area contributed by atoms with Crippen LogP contribution in [-0.2, 0) is 0 Å². The molecule has 0 aliphatic heterocycles. The van der Waals surface area contributed by atoms with Crippen molar-refractivity contribution in [3.63, 3.8) is 0 Å². The number of carbonyl (C=O) groups excluding carboxylic acids is 1. The number of hydrogen-bond acceptors (Lipinski definition) is 5. The molecule has 0 saturated carbocycles. The number of nitrogens with one attached hydrogen (secondary N) is 1. The highest BCUT2D eigenvalue weighted by atomic mass is 79.9. The number of aromatic nitrogens is 2. The Morgan fingerprint density at radius 2 is 1.44 bits per heavy atom. The highest BCUT2D eigenvalue weighted by Crippen LogP contribution is 2.30. The summed E-state index contributed by atoms with van der Waals surface area (Å²) in [6.07, 6.45) is 1.35. The van der Waals surface area contributed by atoms with Gasteiger partial charge in [-0.15, -0.1) is 0 Å². The van der Waals surface area contributed by atoms with Gasteiger partial charge < -0.3 is 5.11 Å². The van der Waals surface area contributed by atoms with Crippen LogP contribution in [0.2, 0.25) is 0 Å². The van der Waals surface area contributed by atoms with Crippen LogP contribution >= 0.6 is 31.9 Å². The monoisotopic (exact) mass is 550 g/mol. The number of halogens is 2. The molecule has 4 rings (SSSR count). The lowest BCUT2D eigenvalue weighted by Gasteiger charge is -2.08. The Kier molecular flexibility index (Phi) is 6.72. The lowest BCUT2D eigenvalue weighted by atomic mass is 10.1. The summed E-state index contributed by atoms with van der Waals surface area (Å²) >= 11 is 6.62. The first-order valence-electron chi connectivity index (χ1n) is 9.52. The summed E-state index contributed by atoms with van der Waals surface area (Å²) in [5.41, 5.74) is 5.85. The molecule has 0 aliphatic carbocycles. The molecule has 0 aliphatic rings. The number of rotatable bonds is 5. The van der Waals surface area contributed by atoms with Crippen LogP contribution in [0.4, 0.5) is 0 Å². The molecule has 1 heterocycles. The molecule has 3 aromatic carbocycles. The average Bonchev–Trinajstić information content (AvgIpc) is 2.83. The zero-order chi connectivity index (χ0) is 22.5. The van der Waals surface area contributed by atoms with Crippen LogP contribution in [0.3, 0.4) is 0 Å². The van der Waals surface area contributed by atoms with Gasteiger partial charge in [-0.25, -0.2) is 15.4 Å². The SMILES string of the molecule is O=C(N/N=C\c1cc(Br)cc(Br)c1O)c1nc(-c2ccccc2)cc(-c2ccccc2)n1. The molecular weight excluding hydrogens is 536 g/mol. The van der Waals surface area contributed by atoms with Crippen LogP contribution < -0.4 is 5.43 Å². The molecule has 1 aromatic heterocycles. The molecule has 0 radical (unpaired) electrons. The third-order valence-corrected chi connectivity index (χ3v) is 5.56. The van der Waals surface area contributed by atoms with E-state index in [1.165, 1.54) is 6.21 Å². The van der Waals surface area contributed by atoms with E-state index < -0.39 is 5.91 Å². The van der Waals surface area contributed by atoms with E-state index in [9.17, 15) is 9.90 Å². The Balaban J connectivity index is 1.66. The average molecular weight is 552 g/mol. The molecule has 0 saturated heterocycles. The summed E-state index contributed by atoms with van der Waals surface area (Å²) in [5, 5.41) is 14.1. The van der Waals surface area contributed by atoms with Gasteiger partial charge in [-0.1, -0.05) is 76.6 Å². The fourth-order valence-corrected chi connectivity index (χ4v) is 4.22. The quantitative estimate of drug-likeness (QED) is 0.242. The Morgan fingerprint density at radius 1 is 0.875 bits per heavy atom. The summed E-state index contributed by atoms with van der Waals surface area (Å²) < 4.78 is 1.26. The molecule has 0 fully saturated rings. The first-order chi connectivity index (χ1) is 15.5. The molecule has 0 atom stereocenters. The lowest BCUT2D eigenvalue weighted by Crippen LogP contribution is -2.21.